The highest BCUT2D eigenvalue weighted by Gasteiger charge is 2.51. The van der Waals surface area contributed by atoms with E-state index in [1.54, 1.807) is 24.3 Å². The van der Waals surface area contributed by atoms with E-state index in [1.807, 2.05) is 0 Å². The summed E-state index contributed by atoms with van der Waals surface area (Å²) in [4.78, 5) is 50.0. The Labute approximate surface area is 157 Å². The molecule has 144 valence electrons. The molecule has 2 fully saturated rings. The van der Waals surface area contributed by atoms with Crippen molar-refractivity contribution in [1.82, 2.24) is 4.90 Å². The van der Waals surface area contributed by atoms with Crippen LogP contribution in [0.2, 0.25) is 0 Å². The van der Waals surface area contributed by atoms with Crippen molar-refractivity contribution in [2.45, 2.75) is 45.3 Å². The molecular formula is C20H23NO6. The second-order valence-electron chi connectivity index (χ2n) is 7.02. The Morgan fingerprint density at radius 3 is 2.15 bits per heavy atom. The number of nitrogens with zero attached hydrogens (tertiary/aromatic N) is 1. The standard InChI is InChI=1S/C20H23NO6/c1-12(21-17(22)15-5-3-4-6-16(15)18(21)23)19(24)27-11-13-7-9-14(10-8-13)20(25)26-2/h7-10,12,15-16H,3-6,11H2,1-2H3/t12-,15-,16-/m0/s1. The molecule has 0 radical (unpaired) electrons. The van der Waals surface area contributed by atoms with Crippen molar-refractivity contribution in [3.8, 4) is 0 Å². The molecule has 1 heterocycles. The molecule has 0 N–H and O–H groups in total. The van der Waals surface area contributed by atoms with Crippen LogP contribution in [0.4, 0.5) is 0 Å². The minimum Gasteiger partial charge on any atom is -0.465 e. The highest BCUT2D eigenvalue weighted by molar-refractivity contribution is 6.07. The Hall–Kier alpha value is -2.70. The van der Waals surface area contributed by atoms with Gasteiger partial charge in [-0.1, -0.05) is 25.0 Å². The third kappa shape index (κ3) is 3.72. The molecule has 0 unspecified atom stereocenters. The molecule has 1 saturated heterocycles. The molecule has 2 aliphatic rings. The van der Waals surface area contributed by atoms with E-state index in [0.29, 0.717) is 24.0 Å². The lowest BCUT2D eigenvalue weighted by molar-refractivity contribution is -0.159. The number of carbonyl (C=O) groups excluding carboxylic acids is 4. The topological polar surface area (TPSA) is 90.0 Å². The number of esters is 2. The van der Waals surface area contributed by atoms with Gasteiger partial charge in [-0.2, -0.15) is 0 Å². The zero-order valence-electron chi connectivity index (χ0n) is 15.5. The Balaban J connectivity index is 1.60. The third-order valence-corrected chi connectivity index (χ3v) is 5.36. The van der Waals surface area contributed by atoms with Crippen molar-refractivity contribution in [1.29, 1.82) is 0 Å². The Bertz CT molecular complexity index is 732. The first-order chi connectivity index (χ1) is 12.9. The lowest BCUT2D eigenvalue weighted by Crippen LogP contribution is -2.44. The number of carbonyl (C=O) groups is 4. The molecule has 1 aliphatic carbocycles. The summed E-state index contributed by atoms with van der Waals surface area (Å²) in [6.07, 6.45) is 3.29. The highest BCUT2D eigenvalue weighted by atomic mass is 16.5. The van der Waals surface area contributed by atoms with Gasteiger partial charge in [0.25, 0.3) is 0 Å². The predicted octanol–water partition coefficient (Wildman–Crippen LogP) is 2.08. The zero-order chi connectivity index (χ0) is 19.6. The fourth-order valence-corrected chi connectivity index (χ4v) is 3.81. The smallest absolute Gasteiger partial charge is 0.337 e. The summed E-state index contributed by atoms with van der Waals surface area (Å²) < 4.78 is 9.91. The number of methoxy groups -OCH3 is 1. The van der Waals surface area contributed by atoms with Crippen LogP contribution < -0.4 is 0 Å². The van der Waals surface area contributed by atoms with E-state index in [-0.39, 0.29) is 30.3 Å². The van der Waals surface area contributed by atoms with Crippen molar-refractivity contribution in [2.75, 3.05) is 7.11 Å². The first kappa shape index (κ1) is 19.1. The normalized spacial score (nSPS) is 23.0. The van der Waals surface area contributed by atoms with Crippen LogP contribution >= 0.6 is 0 Å². The van der Waals surface area contributed by atoms with E-state index < -0.39 is 18.0 Å². The molecule has 27 heavy (non-hydrogen) atoms. The summed E-state index contributed by atoms with van der Waals surface area (Å²) in [5.74, 6) is -2.14. The van der Waals surface area contributed by atoms with E-state index in [1.165, 1.54) is 14.0 Å². The monoisotopic (exact) mass is 373 g/mol. The zero-order valence-corrected chi connectivity index (χ0v) is 15.5. The van der Waals surface area contributed by atoms with Crippen molar-refractivity contribution in [2.24, 2.45) is 11.8 Å². The van der Waals surface area contributed by atoms with Crippen LogP contribution in [0.15, 0.2) is 24.3 Å². The number of benzene rings is 1. The van der Waals surface area contributed by atoms with Gasteiger partial charge >= 0.3 is 11.9 Å². The van der Waals surface area contributed by atoms with Crippen molar-refractivity contribution in [3.05, 3.63) is 35.4 Å². The maximum atomic E-state index is 12.6. The average Bonchev–Trinajstić information content (AvgIpc) is 2.96. The Morgan fingerprint density at radius 2 is 1.63 bits per heavy atom. The van der Waals surface area contributed by atoms with Crippen LogP contribution in [0, 0.1) is 11.8 Å². The van der Waals surface area contributed by atoms with E-state index in [0.717, 1.165) is 17.7 Å². The molecule has 0 aromatic heterocycles. The van der Waals surface area contributed by atoms with Crippen LogP contribution in [0.25, 0.3) is 0 Å². The molecule has 0 bridgehead atoms. The molecule has 1 aliphatic heterocycles. The molecule has 1 saturated carbocycles. The molecule has 3 atom stereocenters. The quantitative estimate of drug-likeness (QED) is 0.580. The number of rotatable bonds is 5. The summed E-state index contributed by atoms with van der Waals surface area (Å²) in [6.45, 7) is 1.52. The largest absolute Gasteiger partial charge is 0.465 e. The van der Waals surface area contributed by atoms with E-state index in [9.17, 15) is 19.2 Å². The molecule has 7 heteroatoms. The van der Waals surface area contributed by atoms with E-state index >= 15 is 0 Å². The van der Waals surface area contributed by atoms with Gasteiger partial charge in [-0.05, 0) is 37.5 Å². The van der Waals surface area contributed by atoms with Crippen LogP contribution in [-0.4, -0.2) is 41.8 Å². The fourth-order valence-electron chi connectivity index (χ4n) is 3.81. The van der Waals surface area contributed by atoms with Gasteiger partial charge in [0.2, 0.25) is 11.8 Å². The van der Waals surface area contributed by atoms with Gasteiger partial charge < -0.3 is 9.47 Å². The number of hydrogen-bond acceptors (Lipinski definition) is 6. The number of imide groups is 1. The summed E-state index contributed by atoms with van der Waals surface area (Å²) in [5.41, 5.74) is 1.09. The van der Waals surface area contributed by atoms with Crippen LogP contribution in [-0.2, 0) is 30.5 Å². The second kappa shape index (κ2) is 7.90. The fraction of sp³-hybridized carbons (Fsp3) is 0.500. The molecule has 3 rings (SSSR count). The molecule has 1 aromatic rings. The minimum absolute atomic E-state index is 0.00625. The van der Waals surface area contributed by atoms with Gasteiger partial charge in [-0.3, -0.25) is 14.5 Å². The molecule has 0 spiro atoms. The van der Waals surface area contributed by atoms with Gasteiger partial charge in [0, 0.05) is 0 Å². The number of amides is 2. The second-order valence-corrected chi connectivity index (χ2v) is 7.02. The molecule has 7 nitrogen and oxygen atoms in total. The SMILES string of the molecule is COC(=O)c1ccc(COC(=O)[C@H](C)N2C(=O)[C@H]3CCCC[C@@H]3C2=O)cc1. The minimum atomic E-state index is -0.940. The van der Waals surface area contributed by atoms with Gasteiger partial charge in [0.15, 0.2) is 0 Å². The maximum Gasteiger partial charge on any atom is 0.337 e. The van der Waals surface area contributed by atoms with Crippen molar-refractivity contribution < 1.29 is 28.7 Å². The number of ether oxygens (including phenoxy) is 2. The van der Waals surface area contributed by atoms with Crippen molar-refractivity contribution >= 4 is 23.8 Å². The van der Waals surface area contributed by atoms with Gasteiger partial charge in [-0.25, -0.2) is 9.59 Å². The summed E-state index contributed by atoms with van der Waals surface area (Å²) in [6, 6.07) is 5.54. The van der Waals surface area contributed by atoms with Crippen LogP contribution in [0.3, 0.4) is 0 Å². The average molecular weight is 373 g/mol. The van der Waals surface area contributed by atoms with Gasteiger partial charge in [0.05, 0.1) is 24.5 Å². The lowest BCUT2D eigenvalue weighted by Gasteiger charge is -2.21. The molecule has 2 amide bonds. The predicted molar refractivity (Wildman–Crippen MR) is 94.3 cm³/mol. The Morgan fingerprint density at radius 1 is 1.07 bits per heavy atom. The number of fused-ring (bicyclic) bond motifs is 1. The lowest BCUT2D eigenvalue weighted by atomic mass is 9.81. The van der Waals surface area contributed by atoms with Crippen LogP contribution in [0.5, 0.6) is 0 Å². The number of likely N-dealkylation sites (tertiary alicyclic amines) is 1. The van der Waals surface area contributed by atoms with Gasteiger partial charge in [-0.15, -0.1) is 0 Å². The van der Waals surface area contributed by atoms with Crippen LogP contribution in [0.1, 0.15) is 48.5 Å². The van der Waals surface area contributed by atoms with E-state index in [4.69, 9.17) is 4.74 Å². The van der Waals surface area contributed by atoms with E-state index in [2.05, 4.69) is 4.74 Å². The molecular weight excluding hydrogens is 350 g/mol. The highest BCUT2D eigenvalue weighted by Crippen LogP contribution is 2.38. The first-order valence-corrected chi connectivity index (χ1v) is 9.15. The number of hydrogen-bond donors (Lipinski definition) is 0. The maximum absolute atomic E-state index is 12.6. The summed E-state index contributed by atoms with van der Waals surface area (Å²) in [7, 11) is 1.30. The summed E-state index contributed by atoms with van der Waals surface area (Å²) in [5, 5.41) is 0. The first-order valence-electron chi connectivity index (χ1n) is 9.15. The van der Waals surface area contributed by atoms with Crippen molar-refractivity contribution in [3.63, 3.8) is 0 Å². The molecule has 1 aromatic carbocycles. The summed E-state index contributed by atoms with van der Waals surface area (Å²) >= 11 is 0. The third-order valence-electron chi connectivity index (χ3n) is 5.36. The Kier molecular flexibility index (Phi) is 5.58. The van der Waals surface area contributed by atoms with Gasteiger partial charge in [0.1, 0.15) is 12.6 Å².